The number of para-hydroxylation sites is 1. The Balaban J connectivity index is 1.40. The third-order valence-electron chi connectivity index (χ3n) is 5.75. The van der Waals surface area contributed by atoms with E-state index in [0.29, 0.717) is 43.1 Å². The van der Waals surface area contributed by atoms with Crippen LogP contribution < -0.4 is 10.2 Å². The summed E-state index contributed by atoms with van der Waals surface area (Å²) in [5, 5.41) is 14.4. The molecule has 0 saturated carbocycles. The number of carbonyl (C=O) groups is 2. The molecule has 2 aromatic heterocycles. The van der Waals surface area contributed by atoms with Crippen LogP contribution in [-0.2, 0) is 0 Å². The highest BCUT2D eigenvalue weighted by Gasteiger charge is 2.29. The molecule has 2 aromatic carbocycles. The highest BCUT2D eigenvalue weighted by molar-refractivity contribution is 6.14. The molecule has 0 spiro atoms. The van der Waals surface area contributed by atoms with Crippen molar-refractivity contribution in [3.8, 4) is 0 Å². The second kappa shape index (κ2) is 9.21. The van der Waals surface area contributed by atoms with Gasteiger partial charge in [0, 0.05) is 61.7 Å². The van der Waals surface area contributed by atoms with Crippen LogP contribution in [0.1, 0.15) is 20.9 Å². The maximum absolute atomic E-state index is 13.4. The van der Waals surface area contributed by atoms with E-state index in [0.717, 1.165) is 0 Å². The summed E-state index contributed by atoms with van der Waals surface area (Å²) in [7, 11) is 0. The first-order valence-corrected chi connectivity index (χ1v) is 10.9. The highest BCUT2D eigenvalue weighted by atomic mass is 16.6. The number of aromatic nitrogens is 2. The van der Waals surface area contributed by atoms with Crippen molar-refractivity contribution in [2.75, 3.05) is 36.4 Å². The zero-order valence-corrected chi connectivity index (χ0v) is 18.5. The number of hydrogen-bond donors (Lipinski definition) is 1. The molecule has 5 rings (SSSR count). The van der Waals surface area contributed by atoms with Gasteiger partial charge in [0.2, 0.25) is 11.7 Å². The summed E-state index contributed by atoms with van der Waals surface area (Å²) in [6.07, 6.45) is 3.34. The van der Waals surface area contributed by atoms with Crippen LogP contribution in [0.5, 0.6) is 0 Å². The van der Waals surface area contributed by atoms with Gasteiger partial charge < -0.3 is 19.5 Å². The van der Waals surface area contributed by atoms with E-state index in [1.165, 1.54) is 24.3 Å². The zero-order chi connectivity index (χ0) is 24.4. The first kappa shape index (κ1) is 22.0. The van der Waals surface area contributed by atoms with E-state index in [1.807, 2.05) is 4.90 Å². The van der Waals surface area contributed by atoms with Crippen molar-refractivity contribution >= 4 is 40.1 Å². The molecule has 1 N–H and O–H groups in total. The Bertz CT molecular complexity index is 1410. The molecule has 0 bridgehead atoms. The lowest BCUT2D eigenvalue weighted by Crippen LogP contribution is -2.49. The SMILES string of the molecule is O=C(Nc1c(C(=O)N2CCN(c3ncccn3)CC2)oc2ccccc12)c1cccc([N+](=O)[O-])c1. The van der Waals surface area contributed by atoms with Gasteiger partial charge in [0.25, 0.3) is 17.5 Å². The van der Waals surface area contributed by atoms with Gasteiger partial charge in [0.05, 0.1) is 4.92 Å². The van der Waals surface area contributed by atoms with Crippen molar-refractivity contribution in [2.45, 2.75) is 0 Å². The normalized spacial score (nSPS) is 13.6. The number of rotatable bonds is 5. The Morgan fingerprint density at radius 2 is 1.71 bits per heavy atom. The van der Waals surface area contributed by atoms with Crippen LogP contribution >= 0.6 is 0 Å². The van der Waals surface area contributed by atoms with E-state index in [4.69, 9.17) is 4.42 Å². The molecular formula is C24H20N6O5. The molecule has 2 amide bonds. The molecule has 11 heteroatoms. The number of piperazine rings is 1. The zero-order valence-electron chi connectivity index (χ0n) is 18.5. The largest absolute Gasteiger partial charge is 0.449 e. The summed E-state index contributed by atoms with van der Waals surface area (Å²) in [6.45, 7) is 1.94. The average molecular weight is 472 g/mol. The number of anilines is 2. The maximum atomic E-state index is 13.4. The van der Waals surface area contributed by atoms with Gasteiger partial charge in [-0.2, -0.15) is 0 Å². The molecule has 1 saturated heterocycles. The van der Waals surface area contributed by atoms with Gasteiger partial charge in [-0.1, -0.05) is 18.2 Å². The number of amides is 2. The Hall–Kier alpha value is -4.80. The number of non-ortho nitro benzene ring substituents is 1. The van der Waals surface area contributed by atoms with Crippen LogP contribution in [0.25, 0.3) is 11.0 Å². The lowest BCUT2D eigenvalue weighted by molar-refractivity contribution is -0.384. The number of furan rings is 1. The number of hydrogen-bond acceptors (Lipinski definition) is 8. The number of nitrogens with zero attached hydrogens (tertiary/aromatic N) is 5. The molecule has 11 nitrogen and oxygen atoms in total. The Labute approximate surface area is 199 Å². The van der Waals surface area contributed by atoms with Crippen LogP contribution in [0.3, 0.4) is 0 Å². The molecular weight excluding hydrogens is 452 g/mol. The fourth-order valence-corrected chi connectivity index (χ4v) is 3.97. The number of benzene rings is 2. The fourth-order valence-electron chi connectivity index (χ4n) is 3.97. The van der Waals surface area contributed by atoms with E-state index in [2.05, 4.69) is 15.3 Å². The number of fused-ring (bicyclic) bond motifs is 1. The summed E-state index contributed by atoms with van der Waals surface area (Å²) in [5.74, 6) is -0.327. The molecule has 0 atom stereocenters. The number of carbonyl (C=O) groups excluding carboxylic acids is 2. The Kier molecular flexibility index (Phi) is 5.80. The second-order valence-corrected chi connectivity index (χ2v) is 7.89. The molecule has 1 aliphatic rings. The van der Waals surface area contributed by atoms with Crippen LogP contribution in [0.2, 0.25) is 0 Å². The van der Waals surface area contributed by atoms with Gasteiger partial charge in [0.1, 0.15) is 11.3 Å². The lowest BCUT2D eigenvalue weighted by Gasteiger charge is -2.34. The molecule has 3 heterocycles. The molecule has 0 radical (unpaired) electrons. The minimum absolute atomic E-state index is 0.00870. The third kappa shape index (κ3) is 4.38. The van der Waals surface area contributed by atoms with Gasteiger partial charge in [-0.25, -0.2) is 9.97 Å². The predicted octanol–water partition coefficient (Wildman–Crippen LogP) is 3.35. The Morgan fingerprint density at radius 1 is 0.971 bits per heavy atom. The van der Waals surface area contributed by atoms with Gasteiger partial charge in [-0.3, -0.25) is 19.7 Å². The van der Waals surface area contributed by atoms with Crippen molar-refractivity contribution in [3.63, 3.8) is 0 Å². The second-order valence-electron chi connectivity index (χ2n) is 7.89. The van der Waals surface area contributed by atoms with Crippen molar-refractivity contribution in [1.29, 1.82) is 0 Å². The van der Waals surface area contributed by atoms with Crippen molar-refractivity contribution in [3.05, 3.63) is 88.4 Å². The minimum Gasteiger partial charge on any atom is -0.449 e. The third-order valence-corrected chi connectivity index (χ3v) is 5.75. The summed E-state index contributed by atoms with van der Waals surface area (Å²) in [6, 6.07) is 14.1. The predicted molar refractivity (Wildman–Crippen MR) is 127 cm³/mol. The quantitative estimate of drug-likeness (QED) is 0.345. The summed E-state index contributed by atoms with van der Waals surface area (Å²) >= 11 is 0. The summed E-state index contributed by atoms with van der Waals surface area (Å²) in [5.41, 5.74) is 0.572. The molecule has 35 heavy (non-hydrogen) atoms. The van der Waals surface area contributed by atoms with Crippen LogP contribution in [0.4, 0.5) is 17.3 Å². The molecule has 176 valence electrons. The van der Waals surface area contributed by atoms with Gasteiger partial charge in [-0.15, -0.1) is 0 Å². The highest BCUT2D eigenvalue weighted by Crippen LogP contribution is 2.32. The van der Waals surface area contributed by atoms with Crippen molar-refractivity contribution in [1.82, 2.24) is 14.9 Å². The van der Waals surface area contributed by atoms with Crippen LogP contribution in [0.15, 0.2) is 71.4 Å². The monoisotopic (exact) mass is 472 g/mol. The number of nitro groups is 1. The first-order chi connectivity index (χ1) is 17.0. The van der Waals surface area contributed by atoms with Crippen molar-refractivity contribution < 1.29 is 18.9 Å². The molecule has 0 aliphatic carbocycles. The van der Waals surface area contributed by atoms with Crippen LogP contribution in [0, 0.1) is 10.1 Å². The molecule has 1 fully saturated rings. The summed E-state index contributed by atoms with van der Waals surface area (Å²) < 4.78 is 5.87. The van der Waals surface area contributed by atoms with Crippen LogP contribution in [-0.4, -0.2) is 57.8 Å². The molecule has 0 unspecified atom stereocenters. The molecule has 1 aliphatic heterocycles. The summed E-state index contributed by atoms with van der Waals surface area (Å²) in [4.78, 5) is 49.1. The minimum atomic E-state index is -0.583. The first-order valence-electron chi connectivity index (χ1n) is 10.9. The average Bonchev–Trinajstić information content (AvgIpc) is 3.27. The van der Waals surface area contributed by atoms with E-state index in [-0.39, 0.29) is 28.6 Å². The number of nitro benzene ring substituents is 1. The standard InChI is InChI=1S/C24H20N6O5/c31-22(16-5-3-6-17(15-16)30(33)34)27-20-18-7-1-2-8-19(18)35-21(20)23(32)28-11-13-29(14-12-28)24-25-9-4-10-26-24/h1-10,15H,11-14H2,(H,27,31). The Morgan fingerprint density at radius 3 is 2.46 bits per heavy atom. The van der Waals surface area contributed by atoms with Gasteiger partial charge in [0.15, 0.2) is 0 Å². The number of nitrogens with one attached hydrogen (secondary N) is 1. The topological polar surface area (TPSA) is 135 Å². The maximum Gasteiger partial charge on any atom is 0.291 e. The van der Waals surface area contributed by atoms with E-state index in [1.54, 1.807) is 47.6 Å². The van der Waals surface area contributed by atoms with E-state index < -0.39 is 10.8 Å². The van der Waals surface area contributed by atoms with Gasteiger partial charge in [-0.05, 0) is 24.3 Å². The van der Waals surface area contributed by atoms with E-state index >= 15 is 0 Å². The lowest BCUT2D eigenvalue weighted by atomic mass is 10.1. The molecule has 4 aromatic rings. The van der Waals surface area contributed by atoms with Gasteiger partial charge >= 0.3 is 0 Å². The fraction of sp³-hybridized carbons (Fsp3) is 0.167. The smallest absolute Gasteiger partial charge is 0.291 e. The van der Waals surface area contributed by atoms with E-state index in [9.17, 15) is 19.7 Å². The van der Waals surface area contributed by atoms with Crippen molar-refractivity contribution in [2.24, 2.45) is 0 Å².